The molecule has 2 nitrogen and oxygen atoms in total. The highest BCUT2D eigenvalue weighted by molar-refractivity contribution is 14.1. The molecule has 0 radical (unpaired) electrons. The van der Waals surface area contributed by atoms with E-state index in [1.807, 2.05) is 24.3 Å². The van der Waals surface area contributed by atoms with Gasteiger partial charge in [0.25, 0.3) is 0 Å². The Morgan fingerprint density at radius 3 is 2.92 bits per heavy atom. The van der Waals surface area contributed by atoms with Crippen LogP contribution in [0.3, 0.4) is 0 Å². The molecule has 0 saturated heterocycles. The first kappa shape index (κ1) is 9.98. The molecule has 1 aromatic rings. The molecule has 0 saturated carbocycles. The maximum atomic E-state index is 10.9. The minimum absolute atomic E-state index is 0.0306. The summed E-state index contributed by atoms with van der Waals surface area (Å²) in [4.78, 5) is 10.9. The molecule has 0 aliphatic rings. The molecule has 12 heavy (non-hydrogen) atoms. The van der Waals surface area contributed by atoms with Crippen molar-refractivity contribution in [2.24, 2.45) is 0 Å². The molecule has 1 aromatic carbocycles. The maximum Gasteiger partial charge on any atom is 0.235 e. The van der Waals surface area contributed by atoms with Crippen molar-refractivity contribution in [3.8, 4) is 0 Å². The largest absolute Gasteiger partial charge is 0.325 e. The van der Waals surface area contributed by atoms with Crippen molar-refractivity contribution < 1.29 is 4.79 Å². The first-order valence-corrected chi connectivity index (χ1v) is 5.54. The van der Waals surface area contributed by atoms with Gasteiger partial charge < -0.3 is 5.32 Å². The highest BCUT2D eigenvalue weighted by Gasteiger charge is 1.98. The Balaban J connectivity index is 2.69. The van der Waals surface area contributed by atoms with Crippen molar-refractivity contribution in [1.82, 2.24) is 0 Å². The van der Waals surface area contributed by atoms with Crippen LogP contribution >= 0.6 is 38.5 Å². The maximum absolute atomic E-state index is 10.9. The topological polar surface area (TPSA) is 29.1 Å². The predicted octanol–water partition coefficient (Wildman–Crippen LogP) is 2.62. The van der Waals surface area contributed by atoms with Gasteiger partial charge in [0.1, 0.15) is 0 Å². The van der Waals surface area contributed by atoms with Crippen LogP contribution in [-0.2, 0) is 4.79 Å². The van der Waals surface area contributed by atoms with Crippen LogP contribution in [0.1, 0.15) is 0 Å². The monoisotopic (exact) mass is 339 g/mol. The van der Waals surface area contributed by atoms with Gasteiger partial charge in [0, 0.05) is 9.26 Å². The van der Waals surface area contributed by atoms with Crippen molar-refractivity contribution >= 4 is 50.1 Å². The van der Waals surface area contributed by atoms with E-state index in [-0.39, 0.29) is 5.91 Å². The third-order valence-electron chi connectivity index (χ3n) is 1.23. The number of alkyl halides is 1. The lowest BCUT2D eigenvalue weighted by molar-refractivity contribution is -0.113. The Morgan fingerprint density at radius 2 is 2.33 bits per heavy atom. The summed E-state index contributed by atoms with van der Waals surface area (Å²) in [5, 5.41) is 3.07. The van der Waals surface area contributed by atoms with E-state index in [4.69, 9.17) is 0 Å². The summed E-state index contributed by atoms with van der Waals surface area (Å²) in [5.74, 6) is -0.0306. The SMILES string of the molecule is O=C(CBr)Nc1cccc(I)c1. The molecule has 0 aliphatic carbocycles. The van der Waals surface area contributed by atoms with Gasteiger partial charge in [-0.1, -0.05) is 22.0 Å². The Hall–Kier alpha value is -0.100. The first-order valence-electron chi connectivity index (χ1n) is 3.34. The fourth-order valence-corrected chi connectivity index (χ4v) is 1.44. The smallest absolute Gasteiger partial charge is 0.235 e. The number of amides is 1. The number of carbonyl (C=O) groups excluding carboxylic acids is 1. The van der Waals surface area contributed by atoms with Gasteiger partial charge in [0.05, 0.1) is 5.33 Å². The molecule has 64 valence electrons. The summed E-state index contributed by atoms with van der Waals surface area (Å²) < 4.78 is 1.11. The highest BCUT2D eigenvalue weighted by Crippen LogP contribution is 2.12. The number of benzene rings is 1. The van der Waals surface area contributed by atoms with Gasteiger partial charge in [-0.15, -0.1) is 0 Å². The normalized spacial score (nSPS) is 9.50. The first-order chi connectivity index (χ1) is 5.72. The average molecular weight is 340 g/mol. The summed E-state index contributed by atoms with van der Waals surface area (Å²) in [5.41, 5.74) is 0.839. The van der Waals surface area contributed by atoms with Gasteiger partial charge in [0.2, 0.25) is 5.91 Å². The van der Waals surface area contributed by atoms with E-state index < -0.39 is 0 Å². The van der Waals surface area contributed by atoms with Crippen molar-refractivity contribution in [2.75, 3.05) is 10.6 Å². The molecule has 1 rings (SSSR count). The highest BCUT2D eigenvalue weighted by atomic mass is 127. The molecular weight excluding hydrogens is 333 g/mol. The van der Waals surface area contributed by atoms with Crippen LogP contribution in [0.2, 0.25) is 0 Å². The van der Waals surface area contributed by atoms with Gasteiger partial charge in [0.15, 0.2) is 0 Å². The second-order valence-electron chi connectivity index (χ2n) is 2.19. The van der Waals surface area contributed by atoms with Gasteiger partial charge in [-0.3, -0.25) is 4.79 Å². The van der Waals surface area contributed by atoms with E-state index in [1.165, 1.54) is 0 Å². The summed E-state index contributed by atoms with van der Waals surface area (Å²) >= 11 is 5.28. The Bertz CT molecular complexity index is 290. The molecule has 0 spiro atoms. The Labute approximate surface area is 93.0 Å². The molecule has 4 heteroatoms. The molecule has 0 aromatic heterocycles. The minimum atomic E-state index is -0.0306. The zero-order valence-electron chi connectivity index (χ0n) is 6.18. The van der Waals surface area contributed by atoms with Crippen LogP contribution in [0.25, 0.3) is 0 Å². The lowest BCUT2D eigenvalue weighted by Crippen LogP contribution is -2.12. The number of nitrogens with one attached hydrogen (secondary N) is 1. The predicted molar refractivity (Wildman–Crippen MR) is 61.6 cm³/mol. The number of rotatable bonds is 2. The molecule has 0 unspecified atom stereocenters. The van der Waals surface area contributed by atoms with Gasteiger partial charge >= 0.3 is 0 Å². The molecule has 1 amide bonds. The van der Waals surface area contributed by atoms with Crippen molar-refractivity contribution in [3.63, 3.8) is 0 Å². The minimum Gasteiger partial charge on any atom is -0.325 e. The van der Waals surface area contributed by atoms with E-state index in [0.29, 0.717) is 5.33 Å². The lowest BCUT2D eigenvalue weighted by atomic mass is 10.3. The van der Waals surface area contributed by atoms with E-state index >= 15 is 0 Å². The van der Waals surface area contributed by atoms with E-state index in [0.717, 1.165) is 9.26 Å². The van der Waals surface area contributed by atoms with Crippen LogP contribution in [0.5, 0.6) is 0 Å². The van der Waals surface area contributed by atoms with Crippen LogP contribution in [0, 0.1) is 3.57 Å². The molecule has 0 bridgehead atoms. The molecule has 0 fully saturated rings. The Kier molecular flexibility index (Phi) is 4.00. The third kappa shape index (κ3) is 3.10. The number of halogens is 2. The fraction of sp³-hybridized carbons (Fsp3) is 0.125. The second kappa shape index (κ2) is 4.81. The summed E-state index contributed by atoms with van der Waals surface area (Å²) in [7, 11) is 0. The van der Waals surface area contributed by atoms with Gasteiger partial charge in [-0.05, 0) is 40.8 Å². The molecular formula is C8H7BrINO. The van der Waals surface area contributed by atoms with E-state index in [1.54, 1.807) is 0 Å². The van der Waals surface area contributed by atoms with Crippen molar-refractivity contribution in [3.05, 3.63) is 27.8 Å². The summed E-state index contributed by atoms with van der Waals surface area (Å²) in [6.45, 7) is 0. The van der Waals surface area contributed by atoms with Gasteiger partial charge in [-0.25, -0.2) is 0 Å². The molecule has 1 N–H and O–H groups in total. The van der Waals surface area contributed by atoms with E-state index in [9.17, 15) is 4.79 Å². The van der Waals surface area contributed by atoms with Crippen LogP contribution < -0.4 is 5.32 Å². The van der Waals surface area contributed by atoms with E-state index in [2.05, 4.69) is 43.8 Å². The number of carbonyl (C=O) groups is 1. The zero-order chi connectivity index (χ0) is 8.97. The van der Waals surface area contributed by atoms with Crippen LogP contribution in [-0.4, -0.2) is 11.2 Å². The van der Waals surface area contributed by atoms with Gasteiger partial charge in [-0.2, -0.15) is 0 Å². The average Bonchev–Trinajstić information content (AvgIpc) is 2.04. The van der Waals surface area contributed by atoms with Crippen molar-refractivity contribution in [2.45, 2.75) is 0 Å². The second-order valence-corrected chi connectivity index (χ2v) is 4.00. The van der Waals surface area contributed by atoms with Crippen LogP contribution in [0.15, 0.2) is 24.3 Å². The quantitative estimate of drug-likeness (QED) is 0.651. The van der Waals surface area contributed by atoms with Crippen LogP contribution in [0.4, 0.5) is 5.69 Å². The molecule has 0 heterocycles. The summed E-state index contributed by atoms with van der Waals surface area (Å²) in [6.07, 6.45) is 0. The number of hydrogen-bond acceptors (Lipinski definition) is 1. The summed E-state index contributed by atoms with van der Waals surface area (Å²) in [6, 6.07) is 7.67. The molecule has 0 atom stereocenters. The fourth-order valence-electron chi connectivity index (χ4n) is 0.761. The standard InChI is InChI=1S/C8H7BrINO/c9-5-8(12)11-7-3-1-2-6(10)4-7/h1-4H,5H2,(H,11,12). The van der Waals surface area contributed by atoms with Crippen molar-refractivity contribution in [1.29, 1.82) is 0 Å². The lowest BCUT2D eigenvalue weighted by Gasteiger charge is -2.02. The third-order valence-corrected chi connectivity index (χ3v) is 2.41. The number of hydrogen-bond donors (Lipinski definition) is 1. The number of anilines is 1. The molecule has 0 aliphatic heterocycles. The zero-order valence-corrected chi connectivity index (χ0v) is 9.92. The Morgan fingerprint density at radius 1 is 1.58 bits per heavy atom.